The Kier molecular flexibility index (Phi) is 8.97. The maximum Gasteiger partial charge on any atom is 0.154 e. The van der Waals surface area contributed by atoms with E-state index in [1.54, 1.807) is 0 Å². The highest BCUT2D eigenvalue weighted by atomic mass is 28.2. The summed E-state index contributed by atoms with van der Waals surface area (Å²) in [6.45, 7) is 5.59. The minimum atomic E-state index is -0.0829. The number of rotatable bonds is 9. The highest BCUT2D eigenvalue weighted by Gasteiger charge is 2.13. The van der Waals surface area contributed by atoms with Gasteiger partial charge in [-0.2, -0.15) is 0 Å². The zero-order valence-electron chi connectivity index (χ0n) is 11.5. The highest BCUT2D eigenvalue weighted by Crippen LogP contribution is 2.16. The molecule has 1 N–H and O–H groups in total. The van der Waals surface area contributed by atoms with Gasteiger partial charge in [0.05, 0.1) is 0 Å². The van der Waals surface area contributed by atoms with Crippen LogP contribution in [0.25, 0.3) is 0 Å². The highest BCUT2D eigenvalue weighted by molar-refractivity contribution is 6.35. The average molecular weight is 259 g/mol. The van der Waals surface area contributed by atoms with Crippen LogP contribution in [-0.2, 0) is 9.47 Å². The van der Waals surface area contributed by atoms with Gasteiger partial charge in [-0.05, 0) is 38.9 Å². The van der Waals surface area contributed by atoms with Crippen LogP contribution in [0.3, 0.4) is 0 Å². The summed E-state index contributed by atoms with van der Waals surface area (Å²) in [5.74, 6) is 0. The minimum absolute atomic E-state index is 0.0600. The van der Waals surface area contributed by atoms with Crippen LogP contribution in [0.15, 0.2) is 0 Å². The third kappa shape index (κ3) is 7.19. The average Bonchev–Trinajstić information content (AvgIpc) is 2.36. The molecule has 3 nitrogen and oxygen atoms in total. The number of ether oxygens (including phenoxy) is 2. The Hall–Kier alpha value is 0.0969. The molecule has 0 bridgehead atoms. The number of hydrogen-bond donors (Lipinski definition) is 1. The predicted octanol–water partition coefficient (Wildman–Crippen LogP) is 1.85. The van der Waals surface area contributed by atoms with E-state index >= 15 is 0 Å². The van der Waals surface area contributed by atoms with Gasteiger partial charge in [0, 0.05) is 28.8 Å². The van der Waals surface area contributed by atoms with Crippen molar-refractivity contribution in [3.63, 3.8) is 0 Å². The molecule has 102 valence electrons. The van der Waals surface area contributed by atoms with Crippen molar-refractivity contribution in [2.45, 2.75) is 64.3 Å². The van der Waals surface area contributed by atoms with Crippen LogP contribution < -0.4 is 5.32 Å². The smallest absolute Gasteiger partial charge is 0.154 e. The van der Waals surface area contributed by atoms with E-state index in [1.165, 1.54) is 38.3 Å². The molecule has 1 aliphatic carbocycles. The summed E-state index contributed by atoms with van der Waals surface area (Å²) in [5, 5.41) is 3.71. The van der Waals surface area contributed by atoms with Crippen molar-refractivity contribution in [3.05, 3.63) is 0 Å². The molecule has 4 heteroatoms. The van der Waals surface area contributed by atoms with Gasteiger partial charge in [0.2, 0.25) is 0 Å². The molecule has 1 aliphatic rings. The van der Waals surface area contributed by atoms with Crippen molar-refractivity contribution < 1.29 is 9.47 Å². The molecule has 0 aromatic heterocycles. The van der Waals surface area contributed by atoms with E-state index in [0.29, 0.717) is 0 Å². The minimum Gasteiger partial charge on any atom is -0.353 e. The third-order valence-electron chi connectivity index (χ3n) is 3.36. The molecule has 0 saturated heterocycles. The molecule has 0 heterocycles. The van der Waals surface area contributed by atoms with Gasteiger partial charge < -0.3 is 14.8 Å². The fourth-order valence-corrected chi connectivity index (χ4v) is 3.95. The lowest BCUT2D eigenvalue weighted by Gasteiger charge is -2.23. The second kappa shape index (κ2) is 10.1. The zero-order valence-corrected chi connectivity index (χ0v) is 13.0. The summed E-state index contributed by atoms with van der Waals surface area (Å²) in [7, 11) is -0.0829. The van der Waals surface area contributed by atoms with Crippen LogP contribution in [0, 0.1) is 0 Å². The quantitative estimate of drug-likeness (QED) is 0.389. The van der Waals surface area contributed by atoms with Gasteiger partial charge in [0.1, 0.15) is 0 Å². The molecule has 1 rings (SSSR count). The molecule has 1 saturated carbocycles. The normalized spacial score (nSPS) is 18.5. The van der Waals surface area contributed by atoms with E-state index in [2.05, 4.69) is 5.32 Å². The van der Waals surface area contributed by atoms with Gasteiger partial charge in [-0.1, -0.05) is 19.3 Å². The third-order valence-corrected chi connectivity index (χ3v) is 4.88. The largest absolute Gasteiger partial charge is 0.353 e. The maximum absolute atomic E-state index is 5.56. The molecule has 0 amide bonds. The van der Waals surface area contributed by atoms with E-state index in [-0.39, 0.29) is 15.8 Å². The van der Waals surface area contributed by atoms with E-state index in [1.807, 2.05) is 13.8 Å². The van der Waals surface area contributed by atoms with Crippen LogP contribution in [0.4, 0.5) is 0 Å². The predicted molar refractivity (Wildman–Crippen MR) is 75.3 cm³/mol. The molecular weight excluding hydrogens is 230 g/mol. The first-order chi connectivity index (χ1) is 8.36. The lowest BCUT2D eigenvalue weighted by molar-refractivity contribution is -0.123. The molecule has 1 fully saturated rings. The van der Waals surface area contributed by atoms with Crippen LogP contribution in [0.2, 0.25) is 6.04 Å². The Labute approximate surface area is 108 Å². The van der Waals surface area contributed by atoms with Crippen LogP contribution >= 0.6 is 0 Å². The maximum atomic E-state index is 5.56. The van der Waals surface area contributed by atoms with Gasteiger partial charge in [0.15, 0.2) is 6.29 Å². The lowest BCUT2D eigenvalue weighted by atomic mass is 9.96. The molecule has 0 unspecified atom stereocenters. The van der Waals surface area contributed by atoms with Crippen molar-refractivity contribution in [3.8, 4) is 0 Å². The fraction of sp³-hybridized carbons (Fsp3) is 1.00. The molecule has 0 atom stereocenters. The molecule has 0 spiro atoms. The summed E-state index contributed by atoms with van der Waals surface area (Å²) >= 11 is 0. The van der Waals surface area contributed by atoms with Crippen molar-refractivity contribution >= 4 is 9.52 Å². The number of nitrogens with one attached hydrogen (secondary N) is 1. The Morgan fingerprint density at radius 1 is 1.12 bits per heavy atom. The molecular formula is C13H29NO2Si. The SMILES string of the molecule is CCOC(C[SiH2]CNC1CCCCC1)OCC. The van der Waals surface area contributed by atoms with Gasteiger partial charge >= 0.3 is 0 Å². The second-order valence-corrected chi connectivity index (χ2v) is 6.56. The van der Waals surface area contributed by atoms with E-state index in [4.69, 9.17) is 9.47 Å². The molecule has 0 aromatic carbocycles. The first kappa shape index (κ1) is 15.2. The lowest BCUT2D eigenvalue weighted by Crippen LogP contribution is -2.35. The van der Waals surface area contributed by atoms with Crippen molar-refractivity contribution in [1.29, 1.82) is 0 Å². The van der Waals surface area contributed by atoms with E-state index in [9.17, 15) is 0 Å². The first-order valence-electron chi connectivity index (χ1n) is 7.33. The van der Waals surface area contributed by atoms with Gasteiger partial charge in [-0.15, -0.1) is 0 Å². The summed E-state index contributed by atoms with van der Waals surface area (Å²) in [4.78, 5) is 0. The molecule has 17 heavy (non-hydrogen) atoms. The zero-order chi connectivity index (χ0) is 12.3. The Bertz CT molecular complexity index is 169. The standard InChI is InChI=1S/C13H29NO2Si/c1-3-15-13(16-4-2)10-17-11-14-12-8-6-5-7-9-12/h12-14H,3-11,17H2,1-2H3. The number of hydrogen-bond acceptors (Lipinski definition) is 3. The fourth-order valence-electron chi connectivity index (χ4n) is 2.47. The Balaban J connectivity index is 2.00. The van der Waals surface area contributed by atoms with E-state index in [0.717, 1.165) is 25.3 Å². The van der Waals surface area contributed by atoms with Crippen molar-refractivity contribution in [2.24, 2.45) is 0 Å². The second-order valence-electron chi connectivity index (χ2n) is 4.77. The summed E-state index contributed by atoms with van der Waals surface area (Å²) in [5.41, 5.74) is 0. The first-order valence-corrected chi connectivity index (χ1v) is 9.33. The molecule has 0 aromatic rings. The van der Waals surface area contributed by atoms with Crippen LogP contribution in [0.1, 0.15) is 46.0 Å². The van der Waals surface area contributed by atoms with Crippen LogP contribution in [0.5, 0.6) is 0 Å². The molecule has 0 radical (unpaired) electrons. The summed E-state index contributed by atoms with van der Waals surface area (Å²) in [6, 6.07) is 1.94. The summed E-state index contributed by atoms with van der Waals surface area (Å²) in [6.07, 6.45) is 8.33. The molecule has 0 aliphatic heterocycles. The Morgan fingerprint density at radius 2 is 1.76 bits per heavy atom. The van der Waals surface area contributed by atoms with Crippen molar-refractivity contribution in [1.82, 2.24) is 5.32 Å². The summed E-state index contributed by atoms with van der Waals surface area (Å²) < 4.78 is 11.1. The van der Waals surface area contributed by atoms with E-state index < -0.39 is 0 Å². The van der Waals surface area contributed by atoms with Gasteiger partial charge in [-0.3, -0.25) is 0 Å². The van der Waals surface area contributed by atoms with Gasteiger partial charge in [0.25, 0.3) is 0 Å². The Morgan fingerprint density at radius 3 is 2.35 bits per heavy atom. The van der Waals surface area contributed by atoms with Gasteiger partial charge in [-0.25, -0.2) is 0 Å². The monoisotopic (exact) mass is 259 g/mol. The topological polar surface area (TPSA) is 30.5 Å². The van der Waals surface area contributed by atoms with Crippen LogP contribution in [-0.4, -0.2) is 41.2 Å². The van der Waals surface area contributed by atoms with Crippen molar-refractivity contribution in [2.75, 3.05) is 19.4 Å².